The summed E-state index contributed by atoms with van der Waals surface area (Å²) in [5.41, 5.74) is 1.79. The molecule has 0 radical (unpaired) electrons. The average molecular weight is 261 g/mol. The van der Waals surface area contributed by atoms with Crippen molar-refractivity contribution in [2.75, 3.05) is 7.11 Å². The van der Waals surface area contributed by atoms with Crippen LogP contribution in [0.1, 0.15) is 52.0 Å². The summed E-state index contributed by atoms with van der Waals surface area (Å²) < 4.78 is 5.20. The summed E-state index contributed by atoms with van der Waals surface area (Å²) in [4.78, 5) is 0. The van der Waals surface area contributed by atoms with E-state index in [1.165, 1.54) is 18.4 Å². The molecule has 2 rings (SSSR count). The fraction of sp³-hybridized carbons (Fsp3) is 0.647. The third kappa shape index (κ3) is 3.50. The molecule has 0 heterocycles. The highest BCUT2D eigenvalue weighted by Crippen LogP contribution is 2.38. The molecule has 1 aliphatic rings. The van der Waals surface area contributed by atoms with E-state index < -0.39 is 0 Å². The zero-order valence-corrected chi connectivity index (χ0v) is 12.9. The highest BCUT2D eigenvalue weighted by atomic mass is 16.5. The van der Waals surface area contributed by atoms with Crippen LogP contribution in [-0.2, 0) is 0 Å². The summed E-state index contributed by atoms with van der Waals surface area (Å²) in [5.74, 6) is 1.66. The predicted molar refractivity (Wildman–Crippen MR) is 80.8 cm³/mol. The zero-order chi connectivity index (χ0) is 14.0. The molecule has 1 aromatic carbocycles. The van der Waals surface area contributed by atoms with Gasteiger partial charge < -0.3 is 10.1 Å². The number of hydrogen-bond acceptors (Lipinski definition) is 2. The largest absolute Gasteiger partial charge is 0.497 e. The highest BCUT2D eigenvalue weighted by molar-refractivity contribution is 5.30. The number of benzene rings is 1. The SMILES string of the molecule is COc1ccc(C2CC(NC(C)C(C)(C)C)C2)cc1. The third-order valence-corrected chi connectivity index (χ3v) is 4.51. The van der Waals surface area contributed by atoms with Gasteiger partial charge in [-0.3, -0.25) is 0 Å². The van der Waals surface area contributed by atoms with Crippen molar-refractivity contribution in [1.82, 2.24) is 5.32 Å². The molecule has 1 unspecified atom stereocenters. The Morgan fingerprint density at radius 1 is 1.16 bits per heavy atom. The Morgan fingerprint density at radius 3 is 2.21 bits per heavy atom. The van der Waals surface area contributed by atoms with Crippen LogP contribution in [0.4, 0.5) is 0 Å². The molecule has 106 valence electrons. The van der Waals surface area contributed by atoms with Crippen molar-refractivity contribution in [1.29, 1.82) is 0 Å². The fourth-order valence-electron chi connectivity index (χ4n) is 2.51. The lowest BCUT2D eigenvalue weighted by Gasteiger charge is -2.41. The van der Waals surface area contributed by atoms with Gasteiger partial charge in [-0.1, -0.05) is 32.9 Å². The quantitative estimate of drug-likeness (QED) is 0.885. The van der Waals surface area contributed by atoms with Crippen LogP contribution in [0.25, 0.3) is 0 Å². The molecule has 0 aliphatic heterocycles. The van der Waals surface area contributed by atoms with Crippen molar-refractivity contribution in [3.05, 3.63) is 29.8 Å². The Morgan fingerprint density at radius 2 is 1.74 bits per heavy atom. The second kappa shape index (κ2) is 5.54. The molecule has 1 atom stereocenters. The first-order chi connectivity index (χ1) is 8.90. The van der Waals surface area contributed by atoms with Gasteiger partial charge >= 0.3 is 0 Å². The number of nitrogens with one attached hydrogen (secondary N) is 1. The molecule has 1 saturated carbocycles. The fourth-order valence-corrected chi connectivity index (χ4v) is 2.51. The molecule has 2 heteroatoms. The monoisotopic (exact) mass is 261 g/mol. The van der Waals surface area contributed by atoms with Gasteiger partial charge in [-0.25, -0.2) is 0 Å². The summed E-state index contributed by atoms with van der Waals surface area (Å²) in [6.45, 7) is 9.18. The first-order valence-corrected chi connectivity index (χ1v) is 7.30. The molecule has 0 bridgehead atoms. The lowest BCUT2D eigenvalue weighted by molar-refractivity contribution is 0.203. The molecule has 1 aromatic rings. The summed E-state index contributed by atoms with van der Waals surface area (Å²) in [6.07, 6.45) is 2.51. The molecular weight excluding hydrogens is 234 g/mol. The molecule has 0 amide bonds. The Bertz CT molecular complexity index is 398. The number of ether oxygens (including phenoxy) is 1. The Labute approximate surface area is 117 Å². The molecule has 0 saturated heterocycles. The second-order valence-corrected chi connectivity index (χ2v) is 6.89. The first kappa shape index (κ1) is 14.4. The average Bonchev–Trinajstić information content (AvgIpc) is 2.32. The van der Waals surface area contributed by atoms with Gasteiger partial charge in [-0.15, -0.1) is 0 Å². The molecule has 1 N–H and O–H groups in total. The van der Waals surface area contributed by atoms with Crippen LogP contribution in [0.2, 0.25) is 0 Å². The van der Waals surface area contributed by atoms with Gasteiger partial charge in [-0.2, -0.15) is 0 Å². The minimum absolute atomic E-state index is 0.338. The van der Waals surface area contributed by atoms with Crippen molar-refractivity contribution in [3.63, 3.8) is 0 Å². The summed E-state index contributed by atoms with van der Waals surface area (Å²) in [5, 5.41) is 3.75. The van der Waals surface area contributed by atoms with Crippen LogP contribution >= 0.6 is 0 Å². The Balaban J connectivity index is 1.82. The van der Waals surface area contributed by atoms with E-state index in [0.29, 0.717) is 17.5 Å². The van der Waals surface area contributed by atoms with Gasteiger partial charge in [0.1, 0.15) is 5.75 Å². The molecule has 1 fully saturated rings. The third-order valence-electron chi connectivity index (χ3n) is 4.51. The Hall–Kier alpha value is -1.02. The normalized spacial score (nSPS) is 24.7. The van der Waals surface area contributed by atoms with Gasteiger partial charge in [0.25, 0.3) is 0 Å². The van der Waals surface area contributed by atoms with Gasteiger partial charge in [0.2, 0.25) is 0 Å². The standard InChI is InChI=1S/C17H27NO/c1-12(17(2,3)4)18-15-10-14(11-15)13-6-8-16(19-5)9-7-13/h6-9,12,14-15,18H,10-11H2,1-5H3. The van der Waals surface area contributed by atoms with E-state index in [9.17, 15) is 0 Å². The molecule has 1 aliphatic carbocycles. The van der Waals surface area contributed by atoms with E-state index in [4.69, 9.17) is 4.74 Å². The number of methoxy groups -OCH3 is 1. The minimum atomic E-state index is 0.338. The van der Waals surface area contributed by atoms with Crippen molar-refractivity contribution in [3.8, 4) is 5.75 Å². The molecule has 19 heavy (non-hydrogen) atoms. The van der Waals surface area contributed by atoms with Gasteiger partial charge in [0, 0.05) is 12.1 Å². The van der Waals surface area contributed by atoms with E-state index in [0.717, 1.165) is 11.7 Å². The van der Waals surface area contributed by atoms with Crippen LogP contribution in [0, 0.1) is 5.41 Å². The number of hydrogen-bond donors (Lipinski definition) is 1. The van der Waals surface area contributed by atoms with Crippen LogP contribution in [-0.4, -0.2) is 19.2 Å². The van der Waals surface area contributed by atoms with E-state index in [1.54, 1.807) is 7.11 Å². The van der Waals surface area contributed by atoms with Crippen molar-refractivity contribution in [2.24, 2.45) is 5.41 Å². The first-order valence-electron chi connectivity index (χ1n) is 7.30. The van der Waals surface area contributed by atoms with E-state index in [1.807, 2.05) is 0 Å². The number of rotatable bonds is 4. The summed E-state index contributed by atoms with van der Waals surface area (Å²) in [6, 6.07) is 9.78. The van der Waals surface area contributed by atoms with Crippen LogP contribution < -0.4 is 10.1 Å². The molecule has 0 spiro atoms. The van der Waals surface area contributed by atoms with Crippen LogP contribution in [0.5, 0.6) is 5.75 Å². The minimum Gasteiger partial charge on any atom is -0.497 e. The van der Waals surface area contributed by atoms with E-state index >= 15 is 0 Å². The van der Waals surface area contributed by atoms with Crippen LogP contribution in [0.3, 0.4) is 0 Å². The zero-order valence-electron chi connectivity index (χ0n) is 12.9. The van der Waals surface area contributed by atoms with Crippen molar-refractivity contribution in [2.45, 2.75) is 58.5 Å². The summed E-state index contributed by atoms with van der Waals surface area (Å²) in [7, 11) is 1.71. The molecular formula is C17H27NO. The molecule has 0 aromatic heterocycles. The van der Waals surface area contributed by atoms with E-state index in [2.05, 4.69) is 57.3 Å². The van der Waals surface area contributed by atoms with Gasteiger partial charge in [-0.05, 0) is 48.8 Å². The lowest BCUT2D eigenvalue weighted by Crippen LogP contribution is -2.49. The molecule has 2 nitrogen and oxygen atoms in total. The van der Waals surface area contributed by atoms with Gasteiger partial charge in [0.15, 0.2) is 0 Å². The van der Waals surface area contributed by atoms with Crippen molar-refractivity contribution >= 4 is 0 Å². The lowest BCUT2D eigenvalue weighted by atomic mass is 9.74. The highest BCUT2D eigenvalue weighted by Gasteiger charge is 2.33. The predicted octanol–water partition coefficient (Wildman–Crippen LogP) is 3.97. The second-order valence-electron chi connectivity index (χ2n) is 6.89. The van der Waals surface area contributed by atoms with Gasteiger partial charge in [0.05, 0.1) is 7.11 Å². The topological polar surface area (TPSA) is 21.3 Å². The van der Waals surface area contributed by atoms with Crippen molar-refractivity contribution < 1.29 is 4.74 Å². The maximum Gasteiger partial charge on any atom is 0.118 e. The Kier molecular flexibility index (Phi) is 4.19. The van der Waals surface area contributed by atoms with Crippen LogP contribution in [0.15, 0.2) is 24.3 Å². The summed E-state index contributed by atoms with van der Waals surface area (Å²) >= 11 is 0. The maximum atomic E-state index is 5.20. The van der Waals surface area contributed by atoms with E-state index in [-0.39, 0.29) is 0 Å². The maximum absolute atomic E-state index is 5.20. The smallest absolute Gasteiger partial charge is 0.118 e.